The van der Waals surface area contributed by atoms with Crippen LogP contribution in [0.25, 0.3) is 5.69 Å². The van der Waals surface area contributed by atoms with Crippen molar-refractivity contribution in [3.63, 3.8) is 0 Å². The van der Waals surface area contributed by atoms with Crippen LogP contribution in [0, 0.1) is 3.57 Å². The Morgan fingerprint density at radius 1 is 1.12 bits per heavy atom. The van der Waals surface area contributed by atoms with E-state index in [0.29, 0.717) is 0 Å². The van der Waals surface area contributed by atoms with Gasteiger partial charge in [0.05, 0.1) is 0 Å². The van der Waals surface area contributed by atoms with Gasteiger partial charge in [0, 0.05) is 53.2 Å². The molecule has 1 saturated heterocycles. The Morgan fingerprint density at radius 3 is 2.85 bits per heavy atom. The zero-order valence-electron chi connectivity index (χ0n) is 14.2. The number of thiazole rings is 1. The average molecular weight is 478 g/mol. The quantitative estimate of drug-likeness (QED) is 0.537. The molecule has 1 aromatic carbocycles. The Balaban J connectivity index is 1.53. The van der Waals surface area contributed by atoms with E-state index in [2.05, 4.69) is 44.6 Å². The molecule has 3 heterocycles. The third kappa shape index (κ3) is 3.64. The largest absolute Gasteiger partial charge is 0.346 e. The molecule has 0 aliphatic carbocycles. The molecule has 2 aromatic heterocycles. The number of amides is 1. The number of rotatable bonds is 3. The highest BCUT2D eigenvalue weighted by Gasteiger charge is 2.23. The van der Waals surface area contributed by atoms with Crippen molar-refractivity contribution < 1.29 is 4.79 Å². The van der Waals surface area contributed by atoms with Crippen LogP contribution in [0.2, 0.25) is 0 Å². The van der Waals surface area contributed by atoms with E-state index in [9.17, 15) is 4.79 Å². The number of aromatic nitrogens is 2. The van der Waals surface area contributed by atoms with E-state index < -0.39 is 0 Å². The van der Waals surface area contributed by atoms with Gasteiger partial charge in [0.15, 0.2) is 5.13 Å². The standard InChI is InChI=1S/C19H19IN4OS/c20-15-4-1-5-16(14-15)24-10-2-6-17(24)18(25)22-8-3-9-23(12-11-22)19-21-7-13-26-19/h1-2,4-7,10,13-14H,3,8-9,11-12H2. The van der Waals surface area contributed by atoms with Crippen molar-refractivity contribution in [2.45, 2.75) is 6.42 Å². The molecule has 1 fully saturated rings. The molecule has 26 heavy (non-hydrogen) atoms. The molecule has 0 radical (unpaired) electrons. The van der Waals surface area contributed by atoms with Gasteiger partial charge in [-0.3, -0.25) is 4.79 Å². The number of nitrogens with zero attached hydrogens (tertiary/aromatic N) is 4. The molecule has 0 atom stereocenters. The van der Waals surface area contributed by atoms with E-state index in [0.717, 1.165) is 52.7 Å². The maximum atomic E-state index is 13.2. The van der Waals surface area contributed by atoms with Crippen LogP contribution in [0.3, 0.4) is 0 Å². The van der Waals surface area contributed by atoms with E-state index in [4.69, 9.17) is 0 Å². The normalized spacial score (nSPS) is 15.1. The van der Waals surface area contributed by atoms with Crippen molar-refractivity contribution in [2.75, 3.05) is 31.1 Å². The summed E-state index contributed by atoms with van der Waals surface area (Å²) < 4.78 is 3.13. The topological polar surface area (TPSA) is 41.4 Å². The Morgan fingerprint density at radius 2 is 2.04 bits per heavy atom. The van der Waals surface area contributed by atoms with E-state index in [1.54, 1.807) is 11.3 Å². The molecule has 1 amide bonds. The van der Waals surface area contributed by atoms with Gasteiger partial charge in [-0.15, -0.1) is 11.3 Å². The molecule has 4 rings (SSSR count). The average Bonchev–Trinajstić information content (AvgIpc) is 3.29. The Bertz CT molecular complexity index is 893. The number of hydrogen-bond acceptors (Lipinski definition) is 4. The Kier molecular flexibility index (Phi) is 5.26. The molecule has 0 saturated carbocycles. The van der Waals surface area contributed by atoms with E-state index in [-0.39, 0.29) is 5.91 Å². The summed E-state index contributed by atoms with van der Waals surface area (Å²) in [5, 5.41) is 3.04. The summed E-state index contributed by atoms with van der Waals surface area (Å²) in [6.07, 6.45) is 4.75. The third-order valence-electron chi connectivity index (χ3n) is 4.53. The molecular formula is C19H19IN4OS. The SMILES string of the molecule is O=C(c1cccn1-c1cccc(I)c1)N1CCCN(c2nccs2)CC1. The number of halogens is 1. The van der Waals surface area contributed by atoms with Crippen LogP contribution < -0.4 is 4.90 Å². The van der Waals surface area contributed by atoms with E-state index >= 15 is 0 Å². The monoisotopic (exact) mass is 478 g/mol. The molecule has 1 aliphatic rings. The van der Waals surface area contributed by atoms with Gasteiger partial charge in [-0.25, -0.2) is 4.98 Å². The fourth-order valence-electron chi connectivity index (χ4n) is 3.25. The number of benzene rings is 1. The summed E-state index contributed by atoms with van der Waals surface area (Å²) in [6.45, 7) is 3.26. The smallest absolute Gasteiger partial charge is 0.270 e. The highest BCUT2D eigenvalue weighted by molar-refractivity contribution is 14.1. The number of carbonyl (C=O) groups excluding carboxylic acids is 1. The predicted octanol–water partition coefficient (Wildman–Crippen LogP) is 3.89. The molecule has 0 unspecified atom stereocenters. The molecule has 0 N–H and O–H groups in total. The molecular weight excluding hydrogens is 459 g/mol. The van der Waals surface area contributed by atoms with Crippen molar-refractivity contribution in [3.8, 4) is 5.69 Å². The maximum absolute atomic E-state index is 13.2. The lowest BCUT2D eigenvalue weighted by Crippen LogP contribution is -2.36. The van der Waals surface area contributed by atoms with Crippen molar-refractivity contribution >= 4 is 45.0 Å². The summed E-state index contributed by atoms with van der Waals surface area (Å²) >= 11 is 3.95. The zero-order valence-corrected chi connectivity index (χ0v) is 17.2. The summed E-state index contributed by atoms with van der Waals surface area (Å²) in [5.41, 5.74) is 1.74. The van der Waals surface area contributed by atoms with E-state index in [1.807, 2.05) is 51.5 Å². The van der Waals surface area contributed by atoms with Crippen molar-refractivity contribution in [1.29, 1.82) is 0 Å². The lowest BCUT2D eigenvalue weighted by atomic mass is 10.3. The van der Waals surface area contributed by atoms with Gasteiger partial charge < -0.3 is 14.4 Å². The minimum Gasteiger partial charge on any atom is -0.346 e. The van der Waals surface area contributed by atoms with Gasteiger partial charge in [-0.2, -0.15) is 0 Å². The minimum atomic E-state index is 0.0925. The molecule has 1 aliphatic heterocycles. The number of anilines is 1. The lowest BCUT2D eigenvalue weighted by molar-refractivity contribution is 0.0759. The molecule has 134 valence electrons. The van der Waals surface area contributed by atoms with Crippen molar-refractivity contribution in [2.24, 2.45) is 0 Å². The van der Waals surface area contributed by atoms with Gasteiger partial charge in [-0.05, 0) is 59.3 Å². The van der Waals surface area contributed by atoms with Crippen LogP contribution in [0.15, 0.2) is 54.2 Å². The molecule has 5 nitrogen and oxygen atoms in total. The Labute approximate surface area is 170 Å². The second-order valence-corrected chi connectivity index (χ2v) is 8.31. The van der Waals surface area contributed by atoms with Crippen LogP contribution in [0.5, 0.6) is 0 Å². The zero-order chi connectivity index (χ0) is 17.9. The first-order valence-electron chi connectivity index (χ1n) is 8.59. The van der Waals surface area contributed by atoms with Gasteiger partial charge in [0.25, 0.3) is 5.91 Å². The van der Waals surface area contributed by atoms with Crippen LogP contribution in [-0.4, -0.2) is 46.5 Å². The lowest BCUT2D eigenvalue weighted by Gasteiger charge is -2.22. The highest BCUT2D eigenvalue weighted by Crippen LogP contribution is 2.21. The number of carbonyl (C=O) groups is 1. The summed E-state index contributed by atoms with van der Waals surface area (Å²) in [4.78, 5) is 21.8. The van der Waals surface area contributed by atoms with Crippen LogP contribution >= 0.6 is 33.9 Å². The second-order valence-electron chi connectivity index (χ2n) is 6.19. The van der Waals surface area contributed by atoms with Crippen molar-refractivity contribution in [1.82, 2.24) is 14.5 Å². The molecule has 7 heteroatoms. The Hall–Kier alpha value is -1.87. The first kappa shape index (κ1) is 17.5. The van der Waals surface area contributed by atoms with Crippen LogP contribution in [-0.2, 0) is 0 Å². The highest BCUT2D eigenvalue weighted by atomic mass is 127. The summed E-state index contributed by atoms with van der Waals surface area (Å²) in [5.74, 6) is 0.0925. The molecule has 0 bridgehead atoms. The fourth-order valence-corrected chi connectivity index (χ4v) is 4.48. The maximum Gasteiger partial charge on any atom is 0.270 e. The van der Waals surface area contributed by atoms with Crippen LogP contribution in [0.4, 0.5) is 5.13 Å². The molecule has 3 aromatic rings. The van der Waals surface area contributed by atoms with Gasteiger partial charge in [0.1, 0.15) is 5.69 Å². The van der Waals surface area contributed by atoms with Crippen LogP contribution in [0.1, 0.15) is 16.9 Å². The fraction of sp³-hybridized carbons (Fsp3) is 0.263. The van der Waals surface area contributed by atoms with Gasteiger partial charge in [-0.1, -0.05) is 6.07 Å². The van der Waals surface area contributed by atoms with Gasteiger partial charge in [0.2, 0.25) is 0 Å². The minimum absolute atomic E-state index is 0.0925. The van der Waals surface area contributed by atoms with Gasteiger partial charge >= 0.3 is 0 Å². The summed E-state index contributed by atoms with van der Waals surface area (Å²) in [7, 11) is 0. The van der Waals surface area contributed by atoms with E-state index in [1.165, 1.54) is 0 Å². The number of hydrogen-bond donors (Lipinski definition) is 0. The predicted molar refractivity (Wildman–Crippen MR) is 113 cm³/mol. The first-order valence-corrected chi connectivity index (χ1v) is 10.6. The second kappa shape index (κ2) is 7.79. The third-order valence-corrected chi connectivity index (χ3v) is 6.03. The first-order chi connectivity index (χ1) is 12.7. The summed E-state index contributed by atoms with van der Waals surface area (Å²) in [6, 6.07) is 12.0. The molecule has 0 spiro atoms. The van der Waals surface area contributed by atoms with Crippen molar-refractivity contribution in [3.05, 3.63) is 63.4 Å².